The number of nitrogens with two attached hydrogens (primary N) is 1. The molecule has 2 aromatic rings. The van der Waals surface area contributed by atoms with Gasteiger partial charge in [0, 0.05) is 17.7 Å². The predicted octanol–water partition coefficient (Wildman–Crippen LogP) is 1.89. The number of rotatable bonds is 5. The Morgan fingerprint density at radius 2 is 1.87 bits per heavy atom. The van der Waals surface area contributed by atoms with Crippen molar-refractivity contribution in [1.29, 1.82) is 0 Å². The van der Waals surface area contributed by atoms with E-state index in [0.717, 1.165) is 5.56 Å². The van der Waals surface area contributed by atoms with E-state index < -0.39 is 12.1 Å². The Balaban J connectivity index is 2.12. The maximum Gasteiger partial charge on any atom is 0.312 e. The molecule has 4 N–H and O–H groups in total. The second kappa shape index (κ2) is 7.66. The molecule has 5 heteroatoms. The van der Waals surface area contributed by atoms with Gasteiger partial charge < -0.3 is 16.4 Å². The summed E-state index contributed by atoms with van der Waals surface area (Å²) >= 11 is 0. The number of anilines is 1. The van der Waals surface area contributed by atoms with Gasteiger partial charge in [-0.15, -0.1) is 6.42 Å². The Hall–Kier alpha value is -3.26. The van der Waals surface area contributed by atoms with Gasteiger partial charge in [0.1, 0.15) is 6.04 Å². The van der Waals surface area contributed by atoms with Crippen molar-refractivity contribution in [2.45, 2.75) is 12.5 Å². The lowest BCUT2D eigenvalue weighted by molar-refractivity contribution is -0.117. The fourth-order valence-corrected chi connectivity index (χ4v) is 2.15. The maximum absolute atomic E-state index is 12.4. The van der Waals surface area contributed by atoms with E-state index in [1.807, 2.05) is 30.3 Å². The van der Waals surface area contributed by atoms with E-state index in [9.17, 15) is 9.59 Å². The molecule has 2 rings (SSSR count). The van der Waals surface area contributed by atoms with E-state index in [2.05, 4.69) is 16.6 Å². The molecule has 2 aromatic carbocycles. The van der Waals surface area contributed by atoms with Crippen LogP contribution in [-0.4, -0.2) is 18.0 Å². The van der Waals surface area contributed by atoms with Crippen LogP contribution in [0.3, 0.4) is 0 Å². The van der Waals surface area contributed by atoms with Gasteiger partial charge in [0.15, 0.2) is 0 Å². The number of carbonyl (C=O) groups is 2. The van der Waals surface area contributed by atoms with Crippen molar-refractivity contribution in [2.75, 3.05) is 5.32 Å². The zero-order valence-electron chi connectivity index (χ0n) is 12.5. The Labute approximate surface area is 134 Å². The first kappa shape index (κ1) is 16.1. The third-order valence-electron chi connectivity index (χ3n) is 3.21. The lowest BCUT2D eigenvalue weighted by Crippen LogP contribution is -2.47. The number of carbonyl (C=O) groups excluding carboxylic acids is 2. The van der Waals surface area contributed by atoms with Crippen molar-refractivity contribution < 1.29 is 9.59 Å². The highest BCUT2D eigenvalue weighted by Crippen LogP contribution is 2.11. The molecule has 0 radical (unpaired) electrons. The van der Waals surface area contributed by atoms with E-state index in [1.165, 1.54) is 0 Å². The quantitative estimate of drug-likeness (QED) is 0.737. The molecule has 5 nitrogen and oxygen atoms in total. The van der Waals surface area contributed by atoms with Crippen LogP contribution in [0.1, 0.15) is 11.1 Å². The maximum atomic E-state index is 12.4. The average Bonchev–Trinajstić information content (AvgIpc) is 2.55. The van der Waals surface area contributed by atoms with Gasteiger partial charge in [0.2, 0.25) is 5.91 Å². The smallest absolute Gasteiger partial charge is 0.312 e. The molecule has 0 saturated carbocycles. The van der Waals surface area contributed by atoms with Crippen LogP contribution in [0.2, 0.25) is 0 Å². The first-order valence-corrected chi connectivity index (χ1v) is 7.06. The zero-order valence-corrected chi connectivity index (χ0v) is 12.5. The summed E-state index contributed by atoms with van der Waals surface area (Å²) in [5.41, 5.74) is 7.31. The summed E-state index contributed by atoms with van der Waals surface area (Å²) in [7, 11) is 0. The SMILES string of the molecule is C#Cc1cccc(NC(=O)[C@@H](Cc2ccccc2)NC(N)=O)c1. The molecule has 0 heterocycles. The zero-order chi connectivity index (χ0) is 16.7. The predicted molar refractivity (Wildman–Crippen MR) is 89.7 cm³/mol. The van der Waals surface area contributed by atoms with Gasteiger partial charge in [-0.25, -0.2) is 4.79 Å². The number of hydrogen-bond acceptors (Lipinski definition) is 2. The van der Waals surface area contributed by atoms with Gasteiger partial charge in [-0.3, -0.25) is 4.79 Å². The summed E-state index contributed by atoms with van der Waals surface area (Å²) in [6.45, 7) is 0. The van der Waals surface area contributed by atoms with Crippen LogP contribution in [0.25, 0.3) is 0 Å². The van der Waals surface area contributed by atoms with Crippen LogP contribution in [0.5, 0.6) is 0 Å². The first-order valence-electron chi connectivity index (χ1n) is 7.06. The summed E-state index contributed by atoms with van der Waals surface area (Å²) in [6, 6.07) is 14.8. The normalized spacial score (nSPS) is 11.1. The molecule has 0 unspecified atom stereocenters. The van der Waals surface area contributed by atoms with Crippen molar-refractivity contribution in [3.05, 3.63) is 65.7 Å². The van der Waals surface area contributed by atoms with Gasteiger partial charge in [-0.05, 0) is 23.8 Å². The Morgan fingerprint density at radius 1 is 1.13 bits per heavy atom. The van der Waals surface area contributed by atoms with Crippen LogP contribution in [0.15, 0.2) is 54.6 Å². The van der Waals surface area contributed by atoms with Crippen LogP contribution >= 0.6 is 0 Å². The highest BCUT2D eigenvalue weighted by atomic mass is 16.2. The van der Waals surface area contributed by atoms with Crippen molar-refractivity contribution in [3.8, 4) is 12.3 Å². The Bertz CT molecular complexity index is 735. The van der Waals surface area contributed by atoms with E-state index in [-0.39, 0.29) is 5.91 Å². The molecular formula is C18H17N3O2. The molecule has 23 heavy (non-hydrogen) atoms. The number of amides is 3. The van der Waals surface area contributed by atoms with Crippen molar-refractivity contribution in [2.24, 2.45) is 5.73 Å². The fraction of sp³-hybridized carbons (Fsp3) is 0.111. The molecule has 0 aliphatic heterocycles. The molecule has 0 saturated heterocycles. The average molecular weight is 307 g/mol. The van der Waals surface area contributed by atoms with Crippen molar-refractivity contribution in [1.82, 2.24) is 5.32 Å². The number of primary amides is 1. The molecule has 0 fully saturated rings. The van der Waals surface area contributed by atoms with E-state index in [4.69, 9.17) is 12.2 Å². The summed E-state index contributed by atoms with van der Waals surface area (Å²) in [4.78, 5) is 23.6. The Kier molecular flexibility index (Phi) is 5.37. The number of benzene rings is 2. The van der Waals surface area contributed by atoms with E-state index in [1.54, 1.807) is 24.3 Å². The summed E-state index contributed by atoms with van der Waals surface area (Å²) in [5, 5.41) is 5.20. The van der Waals surface area contributed by atoms with Crippen LogP contribution in [-0.2, 0) is 11.2 Å². The molecule has 116 valence electrons. The van der Waals surface area contributed by atoms with Crippen LogP contribution in [0.4, 0.5) is 10.5 Å². The third kappa shape index (κ3) is 4.90. The molecule has 0 bridgehead atoms. The Morgan fingerprint density at radius 3 is 2.52 bits per heavy atom. The number of hydrogen-bond donors (Lipinski definition) is 3. The number of terminal acetylenes is 1. The molecule has 0 aromatic heterocycles. The fourth-order valence-electron chi connectivity index (χ4n) is 2.15. The minimum atomic E-state index is -0.774. The van der Waals surface area contributed by atoms with Crippen molar-refractivity contribution in [3.63, 3.8) is 0 Å². The van der Waals surface area contributed by atoms with Gasteiger partial charge >= 0.3 is 6.03 Å². The summed E-state index contributed by atoms with van der Waals surface area (Å²) in [6.07, 6.45) is 5.68. The van der Waals surface area contributed by atoms with Gasteiger partial charge in [0.05, 0.1) is 0 Å². The van der Waals surface area contributed by atoms with Crippen LogP contribution in [0, 0.1) is 12.3 Å². The molecule has 1 atom stereocenters. The van der Waals surface area contributed by atoms with Gasteiger partial charge in [-0.2, -0.15) is 0 Å². The van der Waals surface area contributed by atoms with Gasteiger partial charge in [0.25, 0.3) is 0 Å². The molecule has 0 spiro atoms. The molecule has 0 aliphatic carbocycles. The lowest BCUT2D eigenvalue weighted by Gasteiger charge is -2.17. The van der Waals surface area contributed by atoms with Gasteiger partial charge in [-0.1, -0.05) is 42.3 Å². The minimum absolute atomic E-state index is 0.338. The number of urea groups is 1. The lowest BCUT2D eigenvalue weighted by atomic mass is 10.1. The number of nitrogens with one attached hydrogen (secondary N) is 2. The van der Waals surface area contributed by atoms with Crippen LogP contribution < -0.4 is 16.4 Å². The second-order valence-corrected chi connectivity index (χ2v) is 4.97. The monoisotopic (exact) mass is 307 g/mol. The largest absolute Gasteiger partial charge is 0.352 e. The van der Waals surface area contributed by atoms with Crippen molar-refractivity contribution >= 4 is 17.6 Å². The third-order valence-corrected chi connectivity index (χ3v) is 3.21. The topological polar surface area (TPSA) is 84.2 Å². The summed E-state index contributed by atoms with van der Waals surface area (Å²) in [5.74, 6) is 2.14. The van der Waals surface area contributed by atoms with E-state index >= 15 is 0 Å². The highest BCUT2D eigenvalue weighted by molar-refractivity contribution is 5.97. The molecule has 3 amide bonds. The standard InChI is InChI=1S/C18H17N3O2/c1-2-13-9-6-10-15(11-13)20-17(22)16(21-18(19)23)12-14-7-4-3-5-8-14/h1,3-11,16H,12H2,(H,20,22)(H3,19,21,23)/t16-/m1/s1. The minimum Gasteiger partial charge on any atom is -0.352 e. The first-order chi connectivity index (χ1) is 11.1. The second-order valence-electron chi connectivity index (χ2n) is 4.97. The summed E-state index contributed by atoms with van der Waals surface area (Å²) < 4.78 is 0. The molecular weight excluding hydrogens is 290 g/mol. The highest BCUT2D eigenvalue weighted by Gasteiger charge is 2.20. The van der Waals surface area contributed by atoms with E-state index in [0.29, 0.717) is 17.7 Å². The molecule has 0 aliphatic rings.